The van der Waals surface area contributed by atoms with E-state index in [0.717, 1.165) is 0 Å². The predicted octanol–water partition coefficient (Wildman–Crippen LogP) is 4.35. The van der Waals surface area contributed by atoms with E-state index in [1.165, 1.54) is 13.8 Å². The maximum atomic E-state index is 12.1. The minimum absolute atomic E-state index is 0.143. The molecule has 0 unspecified atom stereocenters. The van der Waals surface area contributed by atoms with Gasteiger partial charge < -0.3 is 0 Å². The van der Waals surface area contributed by atoms with E-state index in [4.69, 9.17) is 51.7 Å². The average molecular weight is 347 g/mol. The molecule has 1 aromatic carbocycles. The lowest BCUT2D eigenvalue weighted by Gasteiger charge is -2.14. The lowest BCUT2D eigenvalue weighted by atomic mass is 10.2. The van der Waals surface area contributed by atoms with Crippen LogP contribution in [-0.4, -0.2) is 13.7 Å². The minimum Gasteiger partial charge on any atom is -0.223 e. The Bertz CT molecular complexity index is 618. The van der Waals surface area contributed by atoms with Crippen LogP contribution in [0.4, 0.5) is 0 Å². The van der Waals surface area contributed by atoms with Gasteiger partial charge in [0.25, 0.3) is 0 Å². The smallest absolute Gasteiger partial charge is 0.183 e. The zero-order chi connectivity index (χ0) is 14.2. The normalized spacial score (nSPS) is 11.7. The molecule has 0 aliphatic rings. The van der Waals surface area contributed by atoms with Gasteiger partial charge in [0, 0.05) is 0 Å². The van der Waals surface area contributed by atoms with E-state index in [2.05, 4.69) is 0 Å². The van der Waals surface area contributed by atoms with Gasteiger partial charge in [-0.05, 0) is 13.8 Å². The van der Waals surface area contributed by atoms with Crippen molar-refractivity contribution < 1.29 is 8.42 Å². The molecule has 0 aliphatic carbocycles. The van der Waals surface area contributed by atoms with E-state index in [9.17, 15) is 8.42 Å². The van der Waals surface area contributed by atoms with Crippen LogP contribution in [0.25, 0.3) is 0 Å². The van der Waals surface area contributed by atoms with Gasteiger partial charge >= 0.3 is 0 Å². The summed E-state index contributed by atoms with van der Waals surface area (Å²) in [5.41, 5.74) is -0.143. The fourth-order valence-corrected chi connectivity index (χ4v) is 4.06. The lowest BCUT2D eigenvalue weighted by Crippen LogP contribution is -2.15. The molecule has 0 spiro atoms. The van der Waals surface area contributed by atoms with Crippen molar-refractivity contribution in [1.82, 2.24) is 0 Å². The molecular weight excluding hydrogens is 340 g/mol. The first kappa shape index (κ1) is 15.9. The predicted molar refractivity (Wildman–Crippen MR) is 73.5 cm³/mol. The van der Waals surface area contributed by atoms with Crippen molar-refractivity contribution in [2.24, 2.45) is 0 Å². The molecule has 1 aromatic rings. The highest BCUT2D eigenvalue weighted by Gasteiger charge is 2.30. The van der Waals surface area contributed by atoms with Crippen LogP contribution in [0.5, 0.6) is 0 Å². The highest BCUT2D eigenvalue weighted by atomic mass is 35.5. The maximum absolute atomic E-state index is 12.1. The van der Waals surface area contributed by atoms with Crippen molar-refractivity contribution in [2.75, 3.05) is 0 Å². The summed E-state index contributed by atoms with van der Waals surface area (Å²) in [7, 11) is -3.75. The van der Waals surface area contributed by atoms with Crippen LogP contribution in [-0.2, 0) is 9.84 Å². The van der Waals surface area contributed by atoms with Gasteiger partial charge in [-0.15, -0.1) is 0 Å². The van der Waals surface area contributed by atoms with Gasteiger partial charge in [-0.2, -0.15) is 5.26 Å². The first-order chi connectivity index (χ1) is 8.16. The van der Waals surface area contributed by atoms with E-state index in [1.807, 2.05) is 0 Å². The van der Waals surface area contributed by atoms with Crippen LogP contribution in [0.2, 0.25) is 20.1 Å². The third-order valence-electron chi connectivity index (χ3n) is 2.24. The van der Waals surface area contributed by atoms with Crippen LogP contribution in [0.3, 0.4) is 0 Å². The number of hydrogen-bond donors (Lipinski definition) is 0. The molecule has 3 nitrogen and oxygen atoms in total. The van der Waals surface area contributed by atoms with Gasteiger partial charge in [-0.25, -0.2) is 8.42 Å². The Morgan fingerprint density at radius 2 is 1.39 bits per heavy atom. The Hall–Kier alpha value is -0.180. The van der Waals surface area contributed by atoms with Gasteiger partial charge in [-0.1, -0.05) is 46.4 Å². The van der Waals surface area contributed by atoms with E-state index in [1.54, 1.807) is 6.07 Å². The highest BCUT2D eigenvalue weighted by molar-refractivity contribution is 7.92. The van der Waals surface area contributed by atoms with Crippen LogP contribution < -0.4 is 0 Å². The lowest BCUT2D eigenvalue weighted by molar-refractivity contribution is 0.587. The number of rotatable bonds is 2. The first-order valence-electron chi connectivity index (χ1n) is 4.66. The molecule has 8 heteroatoms. The molecule has 0 heterocycles. The number of hydrogen-bond acceptors (Lipinski definition) is 3. The molecule has 0 aliphatic heterocycles. The van der Waals surface area contributed by atoms with Gasteiger partial charge in [0.1, 0.15) is 11.0 Å². The van der Waals surface area contributed by atoms with E-state index < -0.39 is 15.1 Å². The topological polar surface area (TPSA) is 57.9 Å². The van der Waals surface area contributed by atoms with E-state index in [-0.39, 0.29) is 30.5 Å². The summed E-state index contributed by atoms with van der Waals surface area (Å²) < 4.78 is 24.2. The van der Waals surface area contributed by atoms with Gasteiger partial charge in [0.05, 0.1) is 30.9 Å². The first-order valence-corrected chi connectivity index (χ1v) is 7.72. The van der Waals surface area contributed by atoms with E-state index in [0.29, 0.717) is 0 Å². The molecule has 18 heavy (non-hydrogen) atoms. The van der Waals surface area contributed by atoms with Gasteiger partial charge in [0.2, 0.25) is 0 Å². The summed E-state index contributed by atoms with van der Waals surface area (Å²) in [5.74, 6) is 0. The van der Waals surface area contributed by atoms with Gasteiger partial charge in [0.15, 0.2) is 9.84 Å². The molecule has 0 bridgehead atoms. The number of halogens is 4. The quantitative estimate of drug-likeness (QED) is 0.748. The SMILES string of the molecule is CC(C)S(=O)(=O)c1c(Cl)c(Cl)c(C#N)c(Cl)c1Cl. The molecule has 0 aromatic heterocycles. The van der Waals surface area contributed by atoms with Crippen molar-refractivity contribution in [1.29, 1.82) is 5.26 Å². The van der Waals surface area contributed by atoms with Crippen molar-refractivity contribution >= 4 is 56.2 Å². The van der Waals surface area contributed by atoms with Crippen LogP contribution >= 0.6 is 46.4 Å². The fraction of sp³-hybridized carbons (Fsp3) is 0.300. The molecule has 0 radical (unpaired) electrons. The Balaban J connectivity index is 3.87. The number of nitriles is 1. The van der Waals surface area contributed by atoms with Gasteiger partial charge in [-0.3, -0.25) is 0 Å². The third kappa shape index (κ3) is 2.43. The summed E-state index contributed by atoms with van der Waals surface area (Å²) >= 11 is 23.4. The number of benzene rings is 1. The molecule has 0 fully saturated rings. The Labute approximate surface area is 125 Å². The zero-order valence-corrected chi connectivity index (χ0v) is 13.1. The summed E-state index contributed by atoms with van der Waals surface area (Å²) in [5, 5.41) is 7.13. The van der Waals surface area contributed by atoms with Crippen molar-refractivity contribution in [3.8, 4) is 6.07 Å². The second kappa shape index (κ2) is 5.44. The van der Waals surface area contributed by atoms with Crippen molar-refractivity contribution in [3.05, 3.63) is 25.7 Å². The summed E-state index contributed by atoms with van der Waals surface area (Å²) in [6.45, 7) is 2.95. The third-order valence-corrected chi connectivity index (χ3v) is 6.39. The Kier molecular flexibility index (Phi) is 4.80. The average Bonchev–Trinajstić information content (AvgIpc) is 2.27. The largest absolute Gasteiger partial charge is 0.223 e. The Morgan fingerprint density at radius 1 is 1.00 bits per heavy atom. The molecular formula is C10H7Cl4NO2S. The highest BCUT2D eigenvalue weighted by Crippen LogP contribution is 2.44. The van der Waals surface area contributed by atoms with Crippen LogP contribution in [0.1, 0.15) is 19.4 Å². The molecule has 0 N–H and O–H groups in total. The monoisotopic (exact) mass is 345 g/mol. The molecule has 0 amide bonds. The second-order valence-electron chi connectivity index (χ2n) is 3.67. The molecule has 0 saturated carbocycles. The molecule has 1 rings (SSSR count). The zero-order valence-electron chi connectivity index (χ0n) is 9.26. The second-order valence-corrected chi connectivity index (χ2v) is 7.62. The summed E-state index contributed by atoms with van der Waals surface area (Å²) in [6, 6.07) is 1.73. The molecule has 0 atom stereocenters. The fourth-order valence-electron chi connectivity index (χ4n) is 1.20. The van der Waals surface area contributed by atoms with E-state index >= 15 is 0 Å². The number of nitrogens with zero attached hydrogens (tertiary/aromatic N) is 1. The molecule has 98 valence electrons. The standard InChI is InChI=1S/C10H7Cl4NO2S/c1-4(2)18(16,17)10-8(13)6(11)5(3-15)7(12)9(10)14/h4H,1-2H3. The minimum atomic E-state index is -3.75. The van der Waals surface area contributed by atoms with Crippen LogP contribution in [0.15, 0.2) is 4.90 Å². The van der Waals surface area contributed by atoms with Crippen molar-refractivity contribution in [3.63, 3.8) is 0 Å². The number of sulfone groups is 1. The Morgan fingerprint density at radius 3 is 1.67 bits per heavy atom. The van der Waals surface area contributed by atoms with Crippen molar-refractivity contribution in [2.45, 2.75) is 24.0 Å². The summed E-state index contributed by atoms with van der Waals surface area (Å²) in [6.07, 6.45) is 0. The maximum Gasteiger partial charge on any atom is 0.183 e. The summed E-state index contributed by atoms with van der Waals surface area (Å²) in [4.78, 5) is -0.338. The van der Waals surface area contributed by atoms with Crippen LogP contribution in [0, 0.1) is 11.3 Å². The molecule has 0 saturated heterocycles.